The molecule has 0 spiro atoms. The number of likely N-dealkylation sites (tertiary alicyclic amines) is 1. The van der Waals surface area contributed by atoms with Gasteiger partial charge in [-0.05, 0) is 43.7 Å². The number of carbonyl (C=O) groups is 1. The molecule has 0 aromatic heterocycles. The maximum Gasteiger partial charge on any atom is 0.306 e. The first-order valence-corrected chi connectivity index (χ1v) is 8.86. The van der Waals surface area contributed by atoms with Crippen molar-refractivity contribution < 1.29 is 9.53 Å². The molecule has 0 atom stereocenters. The lowest BCUT2D eigenvalue weighted by molar-refractivity contribution is -0.151. The summed E-state index contributed by atoms with van der Waals surface area (Å²) in [6.07, 6.45) is 3.53. The van der Waals surface area contributed by atoms with E-state index in [0.717, 1.165) is 44.6 Å². The molecule has 0 aliphatic carbocycles. The number of thioether (sulfide) groups is 1. The van der Waals surface area contributed by atoms with E-state index in [1.165, 1.54) is 4.90 Å². The van der Waals surface area contributed by atoms with Crippen molar-refractivity contribution in [1.29, 1.82) is 0 Å². The van der Waals surface area contributed by atoms with Gasteiger partial charge in [0.25, 0.3) is 0 Å². The zero-order chi connectivity index (χ0) is 14.9. The Bertz CT molecular complexity index is 416. The van der Waals surface area contributed by atoms with Gasteiger partial charge < -0.3 is 9.64 Å². The fraction of sp³-hybridized carbons (Fsp3) is 0.588. The zero-order valence-corrected chi connectivity index (χ0v) is 13.6. The smallest absolute Gasteiger partial charge is 0.306 e. The minimum Gasteiger partial charge on any atom is -0.462 e. The number of esters is 1. The standard InChI is InChI=1S/C17H25NO2S/c1-2-18-12-10-15(11-13-18)20-17(19)9-6-14-21-16-7-4-3-5-8-16/h3-5,7-8,15H,2,6,9-14H2,1H3. The Hall–Kier alpha value is -1.00. The summed E-state index contributed by atoms with van der Waals surface area (Å²) in [6.45, 7) is 5.38. The van der Waals surface area contributed by atoms with Crippen LogP contribution in [-0.4, -0.2) is 42.4 Å². The van der Waals surface area contributed by atoms with Crippen molar-refractivity contribution in [2.45, 2.75) is 43.6 Å². The average Bonchev–Trinajstić information content (AvgIpc) is 2.53. The summed E-state index contributed by atoms with van der Waals surface area (Å²) in [4.78, 5) is 15.5. The summed E-state index contributed by atoms with van der Waals surface area (Å²) in [5, 5.41) is 0. The van der Waals surface area contributed by atoms with Gasteiger partial charge in [-0.3, -0.25) is 4.79 Å². The minimum absolute atomic E-state index is 0.0291. The van der Waals surface area contributed by atoms with Crippen LogP contribution in [0, 0.1) is 0 Å². The van der Waals surface area contributed by atoms with Gasteiger partial charge in [-0.2, -0.15) is 0 Å². The van der Waals surface area contributed by atoms with Crippen LogP contribution in [0.3, 0.4) is 0 Å². The quantitative estimate of drug-likeness (QED) is 0.437. The second-order valence-corrected chi connectivity index (χ2v) is 6.56. The van der Waals surface area contributed by atoms with E-state index in [-0.39, 0.29) is 12.1 Å². The number of piperidine rings is 1. The maximum atomic E-state index is 11.8. The van der Waals surface area contributed by atoms with Gasteiger partial charge in [0, 0.05) is 24.4 Å². The zero-order valence-electron chi connectivity index (χ0n) is 12.8. The molecule has 1 aromatic rings. The molecule has 1 aliphatic rings. The highest BCUT2D eigenvalue weighted by atomic mass is 32.2. The second kappa shape index (κ2) is 9.11. The Balaban J connectivity index is 1.56. The summed E-state index contributed by atoms with van der Waals surface area (Å²) < 4.78 is 5.56. The number of benzene rings is 1. The Morgan fingerprint density at radius 3 is 2.67 bits per heavy atom. The van der Waals surface area contributed by atoms with E-state index in [0.29, 0.717) is 6.42 Å². The molecule has 116 valence electrons. The highest BCUT2D eigenvalue weighted by molar-refractivity contribution is 7.99. The molecule has 0 radical (unpaired) electrons. The third kappa shape index (κ3) is 6.10. The molecular weight excluding hydrogens is 282 g/mol. The van der Waals surface area contributed by atoms with Gasteiger partial charge in [0.1, 0.15) is 6.10 Å². The van der Waals surface area contributed by atoms with E-state index in [1.54, 1.807) is 11.8 Å². The first-order valence-electron chi connectivity index (χ1n) is 7.87. The van der Waals surface area contributed by atoms with E-state index in [4.69, 9.17) is 4.74 Å². The van der Waals surface area contributed by atoms with Crippen molar-refractivity contribution in [3.05, 3.63) is 30.3 Å². The summed E-state index contributed by atoms with van der Waals surface area (Å²) in [5.74, 6) is 0.937. The number of hydrogen-bond donors (Lipinski definition) is 0. The summed E-state index contributed by atoms with van der Waals surface area (Å²) in [7, 11) is 0. The van der Waals surface area contributed by atoms with Gasteiger partial charge in [-0.15, -0.1) is 11.8 Å². The minimum atomic E-state index is -0.0291. The summed E-state index contributed by atoms with van der Waals surface area (Å²) >= 11 is 1.80. The molecule has 0 unspecified atom stereocenters. The van der Waals surface area contributed by atoms with E-state index < -0.39 is 0 Å². The summed E-state index contributed by atoms with van der Waals surface area (Å²) in [5.41, 5.74) is 0. The Morgan fingerprint density at radius 2 is 2.00 bits per heavy atom. The third-order valence-corrected chi connectivity index (χ3v) is 4.92. The van der Waals surface area contributed by atoms with Crippen LogP contribution in [0.4, 0.5) is 0 Å². The highest BCUT2D eigenvalue weighted by Gasteiger charge is 2.20. The second-order valence-electron chi connectivity index (χ2n) is 5.39. The first kappa shape index (κ1) is 16.4. The van der Waals surface area contributed by atoms with E-state index in [9.17, 15) is 4.79 Å². The van der Waals surface area contributed by atoms with Crippen LogP contribution in [0.5, 0.6) is 0 Å². The topological polar surface area (TPSA) is 29.5 Å². The number of hydrogen-bond acceptors (Lipinski definition) is 4. The number of carbonyl (C=O) groups excluding carboxylic acids is 1. The SMILES string of the molecule is CCN1CCC(OC(=O)CCCSc2ccccc2)CC1. The van der Waals surface area contributed by atoms with Crippen LogP contribution in [0.15, 0.2) is 35.2 Å². The van der Waals surface area contributed by atoms with Gasteiger partial charge in [-0.25, -0.2) is 0 Å². The van der Waals surface area contributed by atoms with Crippen LogP contribution in [0.2, 0.25) is 0 Å². The van der Waals surface area contributed by atoms with Crippen LogP contribution in [0.1, 0.15) is 32.6 Å². The first-order chi connectivity index (χ1) is 10.3. The lowest BCUT2D eigenvalue weighted by Gasteiger charge is -2.30. The molecule has 1 aliphatic heterocycles. The van der Waals surface area contributed by atoms with Crippen molar-refractivity contribution in [1.82, 2.24) is 4.90 Å². The van der Waals surface area contributed by atoms with Gasteiger partial charge in [-0.1, -0.05) is 25.1 Å². The fourth-order valence-corrected chi connectivity index (χ4v) is 3.39. The molecule has 4 heteroatoms. The monoisotopic (exact) mass is 307 g/mol. The van der Waals surface area contributed by atoms with Gasteiger partial charge in [0.15, 0.2) is 0 Å². The molecule has 1 heterocycles. The van der Waals surface area contributed by atoms with Crippen molar-refractivity contribution >= 4 is 17.7 Å². The Labute approximate surface area is 132 Å². The van der Waals surface area contributed by atoms with Crippen molar-refractivity contribution in [2.75, 3.05) is 25.4 Å². The summed E-state index contributed by atoms with van der Waals surface area (Å²) in [6, 6.07) is 10.3. The fourth-order valence-electron chi connectivity index (χ4n) is 2.51. The molecule has 2 rings (SSSR count). The predicted molar refractivity (Wildman–Crippen MR) is 87.6 cm³/mol. The lowest BCUT2D eigenvalue weighted by atomic mass is 10.1. The molecule has 0 saturated carbocycles. The normalized spacial score (nSPS) is 16.8. The van der Waals surface area contributed by atoms with Crippen molar-refractivity contribution in [3.8, 4) is 0 Å². The predicted octanol–water partition coefficient (Wildman–Crippen LogP) is 3.59. The highest BCUT2D eigenvalue weighted by Crippen LogP contribution is 2.19. The van der Waals surface area contributed by atoms with Gasteiger partial charge in [0.05, 0.1) is 0 Å². The Kier molecular flexibility index (Phi) is 7.10. The van der Waals surface area contributed by atoms with Crippen LogP contribution < -0.4 is 0 Å². The van der Waals surface area contributed by atoms with Crippen LogP contribution >= 0.6 is 11.8 Å². The van der Waals surface area contributed by atoms with E-state index in [1.807, 2.05) is 18.2 Å². The molecule has 1 saturated heterocycles. The molecule has 1 fully saturated rings. The van der Waals surface area contributed by atoms with E-state index in [2.05, 4.69) is 24.0 Å². The van der Waals surface area contributed by atoms with Crippen LogP contribution in [-0.2, 0) is 9.53 Å². The molecular formula is C17H25NO2S. The number of nitrogens with zero attached hydrogens (tertiary/aromatic N) is 1. The number of ether oxygens (including phenoxy) is 1. The molecule has 0 N–H and O–H groups in total. The number of rotatable bonds is 7. The van der Waals surface area contributed by atoms with Crippen molar-refractivity contribution in [2.24, 2.45) is 0 Å². The van der Waals surface area contributed by atoms with Gasteiger partial charge >= 0.3 is 5.97 Å². The average molecular weight is 307 g/mol. The molecule has 0 bridgehead atoms. The van der Waals surface area contributed by atoms with Gasteiger partial charge in [0.2, 0.25) is 0 Å². The molecule has 0 amide bonds. The molecule has 21 heavy (non-hydrogen) atoms. The van der Waals surface area contributed by atoms with E-state index >= 15 is 0 Å². The maximum absolute atomic E-state index is 11.8. The lowest BCUT2D eigenvalue weighted by Crippen LogP contribution is -2.37. The Morgan fingerprint density at radius 1 is 1.29 bits per heavy atom. The van der Waals surface area contributed by atoms with Crippen molar-refractivity contribution in [3.63, 3.8) is 0 Å². The molecule has 1 aromatic carbocycles. The third-order valence-electron chi connectivity index (χ3n) is 3.82. The largest absolute Gasteiger partial charge is 0.462 e. The molecule has 3 nitrogen and oxygen atoms in total. The van der Waals surface area contributed by atoms with Crippen LogP contribution in [0.25, 0.3) is 0 Å².